The molecule has 2 bridgehead atoms. The highest BCUT2D eigenvalue weighted by molar-refractivity contribution is 9.09. The van der Waals surface area contributed by atoms with Crippen molar-refractivity contribution < 1.29 is 19.5 Å². The number of carbonyl (C=O) groups excluding carboxylic acids is 3. The fourth-order valence-corrected chi connectivity index (χ4v) is 9.70. The number of likely N-dealkylation sites (tertiary alicyclic amines) is 1. The zero-order valence-electron chi connectivity index (χ0n) is 20.7. The summed E-state index contributed by atoms with van der Waals surface area (Å²) in [5.41, 5.74) is 0.993. The van der Waals surface area contributed by atoms with Gasteiger partial charge in [-0.05, 0) is 31.7 Å². The van der Waals surface area contributed by atoms with Crippen LogP contribution in [0.25, 0.3) is 0 Å². The number of hydrogen-bond donors (Lipinski definition) is 3. The molecule has 3 heterocycles. The molecule has 0 saturated carbocycles. The van der Waals surface area contributed by atoms with Gasteiger partial charge in [0.15, 0.2) is 0 Å². The third-order valence-corrected chi connectivity index (χ3v) is 11.1. The molecule has 3 N–H and O–H groups in total. The molecule has 3 saturated heterocycles. The van der Waals surface area contributed by atoms with Crippen molar-refractivity contribution >= 4 is 45.4 Å². The number of alkyl halides is 1. The lowest BCUT2D eigenvalue weighted by Gasteiger charge is -2.39. The molecular weight excluding hydrogens is 530 g/mol. The zero-order valence-corrected chi connectivity index (χ0v) is 23.1. The predicted molar refractivity (Wildman–Crippen MR) is 141 cm³/mol. The van der Waals surface area contributed by atoms with Crippen LogP contribution < -0.4 is 10.6 Å². The van der Waals surface area contributed by atoms with Gasteiger partial charge in [-0.3, -0.25) is 14.4 Å². The Morgan fingerprint density at radius 2 is 1.91 bits per heavy atom. The Bertz CT molecular complexity index is 963. The molecule has 3 unspecified atom stereocenters. The quantitative estimate of drug-likeness (QED) is 0.400. The number of thioether (sulfide) groups is 1. The second-order valence-corrected chi connectivity index (χ2v) is 13.1. The van der Waals surface area contributed by atoms with Crippen LogP contribution in [0.15, 0.2) is 30.3 Å². The van der Waals surface area contributed by atoms with Crippen LogP contribution in [0.2, 0.25) is 0 Å². The van der Waals surface area contributed by atoms with Crippen LogP contribution in [0.1, 0.15) is 46.1 Å². The van der Waals surface area contributed by atoms with E-state index >= 15 is 0 Å². The van der Waals surface area contributed by atoms with Crippen molar-refractivity contribution in [3.8, 4) is 0 Å². The van der Waals surface area contributed by atoms with Crippen LogP contribution in [0.4, 0.5) is 0 Å². The number of carbonyl (C=O) groups is 3. The van der Waals surface area contributed by atoms with E-state index in [4.69, 9.17) is 0 Å². The predicted octanol–water partition coefficient (Wildman–Crippen LogP) is 2.70. The highest BCUT2D eigenvalue weighted by Crippen LogP contribution is 2.68. The van der Waals surface area contributed by atoms with Crippen molar-refractivity contribution in [3.05, 3.63) is 35.9 Å². The maximum absolute atomic E-state index is 14.1. The third kappa shape index (κ3) is 4.53. The van der Waals surface area contributed by atoms with Gasteiger partial charge in [-0.1, -0.05) is 66.5 Å². The molecule has 192 valence electrons. The van der Waals surface area contributed by atoms with Crippen molar-refractivity contribution in [2.75, 3.05) is 6.61 Å². The first-order chi connectivity index (χ1) is 16.7. The van der Waals surface area contributed by atoms with E-state index in [1.807, 2.05) is 58.0 Å². The van der Waals surface area contributed by atoms with E-state index in [1.165, 1.54) is 0 Å². The molecule has 4 rings (SSSR count). The summed E-state index contributed by atoms with van der Waals surface area (Å²) in [6, 6.07) is 8.41. The molecule has 3 aliphatic heterocycles. The molecule has 3 aliphatic rings. The van der Waals surface area contributed by atoms with Crippen molar-refractivity contribution in [1.82, 2.24) is 15.5 Å². The van der Waals surface area contributed by atoms with Gasteiger partial charge < -0.3 is 20.6 Å². The first-order valence-corrected chi connectivity index (χ1v) is 14.3. The number of benzene rings is 1. The van der Waals surface area contributed by atoms with Gasteiger partial charge >= 0.3 is 0 Å². The van der Waals surface area contributed by atoms with Gasteiger partial charge in [0, 0.05) is 22.7 Å². The van der Waals surface area contributed by atoms with E-state index in [1.54, 1.807) is 16.7 Å². The van der Waals surface area contributed by atoms with Gasteiger partial charge in [-0.25, -0.2) is 0 Å². The van der Waals surface area contributed by atoms with Gasteiger partial charge in [-0.15, -0.1) is 11.8 Å². The first-order valence-electron chi connectivity index (χ1n) is 12.5. The summed E-state index contributed by atoms with van der Waals surface area (Å²) < 4.78 is -0.704. The molecule has 3 amide bonds. The molecule has 9 heteroatoms. The molecule has 8 atom stereocenters. The zero-order chi connectivity index (χ0) is 25.5. The Kier molecular flexibility index (Phi) is 7.88. The summed E-state index contributed by atoms with van der Waals surface area (Å²) in [7, 11) is 0. The van der Waals surface area contributed by atoms with Gasteiger partial charge in [-0.2, -0.15) is 0 Å². The average Bonchev–Trinajstić information content (AvgIpc) is 3.42. The van der Waals surface area contributed by atoms with Crippen LogP contribution in [0, 0.1) is 17.8 Å². The molecule has 1 aromatic rings. The summed E-state index contributed by atoms with van der Waals surface area (Å²) in [6.07, 6.45) is 1.40. The summed E-state index contributed by atoms with van der Waals surface area (Å²) in [5.74, 6) is -1.64. The van der Waals surface area contributed by atoms with Gasteiger partial charge in [0.1, 0.15) is 6.04 Å². The average molecular weight is 567 g/mol. The molecule has 0 aromatic heterocycles. The van der Waals surface area contributed by atoms with Gasteiger partial charge in [0.05, 0.1) is 29.2 Å². The number of nitrogens with zero attached hydrogens (tertiary/aromatic N) is 1. The Labute approximate surface area is 220 Å². The highest BCUT2D eigenvalue weighted by atomic mass is 79.9. The molecule has 0 radical (unpaired) electrons. The number of rotatable bonds is 9. The standard InChI is InChI=1S/C26H36BrN3O4S/c1-5-15(4)18(13-31)30-22(24(33)29-14(2)3)26-11-17(27)21(35-26)19(20(26)25(30)34)23(32)28-12-16-9-7-6-8-10-16/h6-10,14-15,17-22,31H,5,11-13H2,1-4H3,(H,28,32)(H,29,33)/t15-,17?,18-,19-,20-,21-,22?,26?/m0/s1. The number of fused-ring (bicyclic) bond motifs is 1. The molecule has 35 heavy (non-hydrogen) atoms. The first kappa shape index (κ1) is 26.5. The Morgan fingerprint density at radius 1 is 1.23 bits per heavy atom. The maximum Gasteiger partial charge on any atom is 0.244 e. The number of aliphatic hydroxyl groups excluding tert-OH is 1. The number of hydrogen-bond acceptors (Lipinski definition) is 5. The topological polar surface area (TPSA) is 98.7 Å². The van der Waals surface area contributed by atoms with Crippen molar-refractivity contribution in [2.45, 2.75) is 80.0 Å². The maximum atomic E-state index is 14.1. The smallest absolute Gasteiger partial charge is 0.244 e. The fourth-order valence-electron chi connectivity index (χ4n) is 6.10. The van der Waals surface area contributed by atoms with E-state index in [9.17, 15) is 19.5 Å². The molecule has 0 aliphatic carbocycles. The Balaban J connectivity index is 1.70. The fraction of sp³-hybridized carbons (Fsp3) is 0.654. The summed E-state index contributed by atoms with van der Waals surface area (Å²) >= 11 is 5.41. The van der Waals surface area contributed by atoms with E-state index in [0.29, 0.717) is 13.0 Å². The number of nitrogens with one attached hydrogen (secondary N) is 2. The van der Waals surface area contributed by atoms with Gasteiger partial charge in [0.2, 0.25) is 17.7 Å². The number of aliphatic hydroxyl groups is 1. The lowest BCUT2D eigenvalue weighted by molar-refractivity contribution is -0.144. The van der Waals surface area contributed by atoms with Crippen molar-refractivity contribution in [1.29, 1.82) is 0 Å². The van der Waals surface area contributed by atoms with Crippen LogP contribution >= 0.6 is 27.7 Å². The van der Waals surface area contributed by atoms with Crippen LogP contribution in [0.5, 0.6) is 0 Å². The summed E-state index contributed by atoms with van der Waals surface area (Å²) in [4.78, 5) is 43.0. The van der Waals surface area contributed by atoms with E-state index in [-0.39, 0.29) is 46.4 Å². The third-order valence-electron chi connectivity index (χ3n) is 7.86. The van der Waals surface area contributed by atoms with Crippen LogP contribution in [0.3, 0.4) is 0 Å². The number of halogens is 1. The minimum atomic E-state index is -0.726. The van der Waals surface area contributed by atoms with Crippen LogP contribution in [-0.2, 0) is 20.9 Å². The van der Waals surface area contributed by atoms with E-state index < -0.39 is 28.7 Å². The normalized spacial score (nSPS) is 33.1. The molecular formula is C26H36BrN3O4S. The largest absolute Gasteiger partial charge is 0.394 e. The van der Waals surface area contributed by atoms with E-state index in [0.717, 1.165) is 12.0 Å². The Morgan fingerprint density at radius 3 is 2.51 bits per heavy atom. The van der Waals surface area contributed by atoms with E-state index in [2.05, 4.69) is 26.6 Å². The summed E-state index contributed by atoms with van der Waals surface area (Å²) in [6.45, 7) is 7.99. The second-order valence-electron chi connectivity index (χ2n) is 10.4. The second kappa shape index (κ2) is 10.4. The van der Waals surface area contributed by atoms with Gasteiger partial charge in [0.25, 0.3) is 0 Å². The van der Waals surface area contributed by atoms with Crippen LogP contribution in [-0.4, -0.2) is 67.3 Å². The Hall–Kier alpha value is -1.58. The van der Waals surface area contributed by atoms with Crippen molar-refractivity contribution in [2.24, 2.45) is 17.8 Å². The minimum absolute atomic E-state index is 0.0147. The minimum Gasteiger partial charge on any atom is -0.394 e. The lowest BCUT2D eigenvalue weighted by atomic mass is 9.70. The molecule has 1 spiro atoms. The molecule has 1 aromatic carbocycles. The van der Waals surface area contributed by atoms with Crippen molar-refractivity contribution in [3.63, 3.8) is 0 Å². The summed E-state index contributed by atoms with van der Waals surface area (Å²) in [5, 5.41) is 16.3. The highest BCUT2D eigenvalue weighted by Gasteiger charge is 2.76. The molecule has 3 fully saturated rings. The number of amides is 3. The lowest BCUT2D eigenvalue weighted by Crippen LogP contribution is -2.58. The SMILES string of the molecule is CC[C@H](C)[C@H](CO)N1C(=O)[C@@H]2[C@H](C(=O)NCc3ccccc3)[C@H]3SC2(CC3Br)C1C(=O)NC(C)C. The monoisotopic (exact) mass is 565 g/mol. The molecule has 7 nitrogen and oxygen atoms in total.